The molecule has 0 radical (unpaired) electrons. The molecule has 0 aromatic heterocycles. The van der Waals surface area contributed by atoms with E-state index in [1.54, 1.807) is 13.2 Å². The minimum absolute atomic E-state index is 0.121. The zero-order chi connectivity index (χ0) is 13.1. The molecule has 0 aromatic carbocycles. The molecule has 0 aliphatic carbocycles. The summed E-state index contributed by atoms with van der Waals surface area (Å²) in [4.78, 5) is 0. The van der Waals surface area contributed by atoms with Crippen LogP contribution in [0.1, 0.15) is 19.8 Å². The second-order valence-corrected chi connectivity index (χ2v) is 6.56. The molecule has 2 aliphatic heterocycles. The fraction of sp³-hybridized carbons (Fsp3) is 0.538. The third-order valence-electron chi connectivity index (χ3n) is 3.42. The molecule has 5 heteroatoms. The van der Waals surface area contributed by atoms with Crippen LogP contribution in [-0.4, -0.2) is 30.5 Å². The Labute approximate surface area is 115 Å². The predicted molar refractivity (Wildman–Crippen MR) is 76.4 cm³/mol. The number of allylic oxidation sites excluding steroid dienone is 3. The van der Waals surface area contributed by atoms with E-state index in [1.165, 1.54) is 18.4 Å². The number of nitrogens with zero attached hydrogens (tertiary/aromatic N) is 1. The van der Waals surface area contributed by atoms with Gasteiger partial charge in [-0.2, -0.15) is 0 Å². The van der Waals surface area contributed by atoms with E-state index < -0.39 is 7.65 Å². The first-order valence-electron chi connectivity index (χ1n) is 6.11. The lowest BCUT2D eigenvalue weighted by atomic mass is 10.0. The minimum atomic E-state index is -0.918. The maximum Gasteiger partial charge on any atom is 0.207 e. The lowest BCUT2D eigenvalue weighted by Crippen LogP contribution is -2.28. The summed E-state index contributed by atoms with van der Waals surface area (Å²) in [6, 6.07) is 0.452. The molecule has 2 saturated heterocycles. The van der Waals surface area contributed by atoms with Crippen LogP contribution in [0.3, 0.4) is 0 Å². The predicted octanol–water partition coefficient (Wildman–Crippen LogP) is 3.98. The molecule has 100 valence electrons. The van der Waals surface area contributed by atoms with E-state index in [0.29, 0.717) is 6.04 Å². The van der Waals surface area contributed by atoms with E-state index in [4.69, 9.17) is 20.5 Å². The summed E-state index contributed by atoms with van der Waals surface area (Å²) in [5.74, 6) is 0.753. The van der Waals surface area contributed by atoms with Crippen LogP contribution in [0.4, 0.5) is 0 Å². The van der Waals surface area contributed by atoms with E-state index in [-0.39, 0.29) is 6.10 Å². The number of hydrogen-bond acceptors (Lipinski definition) is 3. The van der Waals surface area contributed by atoms with Gasteiger partial charge in [0.15, 0.2) is 0 Å². The van der Waals surface area contributed by atoms with E-state index in [1.807, 2.05) is 12.2 Å². The molecule has 3 nitrogen and oxygen atoms in total. The van der Waals surface area contributed by atoms with Crippen molar-refractivity contribution >= 4 is 18.9 Å². The maximum atomic E-state index is 6.25. The second-order valence-electron chi connectivity index (χ2n) is 4.51. The monoisotopic (exact) mass is 287 g/mol. The van der Waals surface area contributed by atoms with E-state index in [0.717, 1.165) is 12.3 Å². The molecular weight excluding hydrogens is 269 g/mol. The summed E-state index contributed by atoms with van der Waals surface area (Å²) < 4.78 is 13.3. The highest BCUT2D eigenvalue weighted by molar-refractivity contribution is 7.78. The van der Waals surface area contributed by atoms with E-state index >= 15 is 0 Å². The molecular formula is C13H19ClNO2P. The highest BCUT2D eigenvalue weighted by Crippen LogP contribution is 2.59. The van der Waals surface area contributed by atoms with Crippen LogP contribution in [0, 0.1) is 0 Å². The number of hydrogen-bond donors (Lipinski definition) is 0. The van der Waals surface area contributed by atoms with Crippen LogP contribution in [0.25, 0.3) is 0 Å². The third kappa shape index (κ3) is 2.80. The molecule has 2 fully saturated rings. The smallest absolute Gasteiger partial charge is 0.207 e. The van der Waals surface area contributed by atoms with Crippen LogP contribution in [0.2, 0.25) is 0 Å². The number of ether oxygens (including phenoxy) is 1. The fourth-order valence-corrected chi connectivity index (χ4v) is 4.62. The van der Waals surface area contributed by atoms with Crippen molar-refractivity contribution in [2.75, 3.05) is 13.7 Å². The summed E-state index contributed by atoms with van der Waals surface area (Å²) in [6.07, 6.45) is 8.15. The zero-order valence-corrected chi connectivity index (χ0v) is 12.5. The van der Waals surface area contributed by atoms with Gasteiger partial charge < -0.3 is 9.26 Å². The number of rotatable bonds is 4. The molecule has 0 bridgehead atoms. The molecule has 2 heterocycles. The second kappa shape index (κ2) is 6.21. The van der Waals surface area contributed by atoms with Crippen molar-refractivity contribution in [1.29, 1.82) is 0 Å². The summed E-state index contributed by atoms with van der Waals surface area (Å²) in [7, 11) is 0.721. The Balaban J connectivity index is 2.09. The van der Waals surface area contributed by atoms with Crippen molar-refractivity contribution in [3.8, 4) is 0 Å². The number of halogens is 1. The van der Waals surface area contributed by atoms with E-state index in [9.17, 15) is 0 Å². The molecule has 0 spiro atoms. The molecule has 18 heavy (non-hydrogen) atoms. The van der Waals surface area contributed by atoms with Crippen LogP contribution in [0.15, 0.2) is 36.1 Å². The Bertz CT molecular complexity index is 383. The van der Waals surface area contributed by atoms with Crippen molar-refractivity contribution in [1.82, 2.24) is 4.67 Å². The van der Waals surface area contributed by atoms with Gasteiger partial charge in [0.1, 0.15) is 11.9 Å². The topological polar surface area (TPSA) is 21.7 Å². The summed E-state index contributed by atoms with van der Waals surface area (Å²) in [5, 5.41) is 0. The Morgan fingerprint density at radius 2 is 2.33 bits per heavy atom. The van der Waals surface area contributed by atoms with Gasteiger partial charge in [0.25, 0.3) is 0 Å². The van der Waals surface area contributed by atoms with Gasteiger partial charge in [-0.3, -0.25) is 0 Å². The van der Waals surface area contributed by atoms with Gasteiger partial charge in [-0.1, -0.05) is 12.7 Å². The highest BCUT2D eigenvalue weighted by Gasteiger charge is 2.45. The van der Waals surface area contributed by atoms with Gasteiger partial charge in [0.05, 0.1) is 7.11 Å². The zero-order valence-electron chi connectivity index (χ0n) is 10.8. The molecule has 0 aromatic rings. The summed E-state index contributed by atoms with van der Waals surface area (Å²) in [6.45, 7) is 6.84. The van der Waals surface area contributed by atoms with Gasteiger partial charge >= 0.3 is 0 Å². The number of fused-ring (bicyclic) bond motifs is 1. The lowest BCUT2D eigenvalue weighted by Gasteiger charge is -2.17. The fourth-order valence-electron chi connectivity index (χ4n) is 2.42. The van der Waals surface area contributed by atoms with Crippen molar-refractivity contribution in [2.24, 2.45) is 0 Å². The van der Waals surface area contributed by atoms with Crippen LogP contribution < -0.4 is 0 Å². The quantitative estimate of drug-likeness (QED) is 0.443. The van der Waals surface area contributed by atoms with Crippen LogP contribution in [0.5, 0.6) is 0 Å². The van der Waals surface area contributed by atoms with Crippen molar-refractivity contribution < 1.29 is 9.26 Å². The van der Waals surface area contributed by atoms with Crippen molar-refractivity contribution in [3.05, 3.63) is 36.1 Å². The molecule has 0 amide bonds. The van der Waals surface area contributed by atoms with Crippen LogP contribution >= 0.6 is 18.9 Å². The normalized spacial score (nSPS) is 33.6. The Hall–Kier alpha value is -0.340. The van der Waals surface area contributed by atoms with Crippen molar-refractivity contribution in [2.45, 2.75) is 31.9 Å². The first kappa shape index (κ1) is 14.1. The van der Waals surface area contributed by atoms with Gasteiger partial charge in [0, 0.05) is 12.6 Å². The van der Waals surface area contributed by atoms with Crippen LogP contribution in [-0.2, 0) is 9.26 Å². The first-order valence-corrected chi connectivity index (χ1v) is 8.23. The third-order valence-corrected chi connectivity index (χ3v) is 5.54. The Morgan fingerprint density at radius 3 is 3.00 bits per heavy atom. The van der Waals surface area contributed by atoms with Gasteiger partial charge in [-0.15, -0.1) is 0 Å². The van der Waals surface area contributed by atoms with Gasteiger partial charge in [-0.25, -0.2) is 4.67 Å². The average molecular weight is 288 g/mol. The van der Waals surface area contributed by atoms with Gasteiger partial charge in [-0.05, 0) is 48.7 Å². The van der Waals surface area contributed by atoms with Gasteiger partial charge in [0.2, 0.25) is 7.65 Å². The maximum absolute atomic E-state index is 6.25. The van der Waals surface area contributed by atoms with E-state index in [2.05, 4.69) is 18.2 Å². The largest absolute Gasteiger partial charge is 0.497 e. The molecule has 2 rings (SSSR count). The lowest BCUT2D eigenvalue weighted by molar-refractivity contribution is 0.249. The SMILES string of the molecule is C=C/C(=C\C=C(/C)[C@H]1OP(Cl)N2CCC[C@@H]12)OC. The minimum Gasteiger partial charge on any atom is -0.497 e. The summed E-state index contributed by atoms with van der Waals surface area (Å²) >= 11 is 6.25. The molecule has 1 unspecified atom stereocenters. The Kier molecular flexibility index (Phi) is 4.85. The molecule has 0 saturated carbocycles. The first-order chi connectivity index (χ1) is 8.67. The highest BCUT2D eigenvalue weighted by atomic mass is 35.7. The Morgan fingerprint density at radius 1 is 1.56 bits per heavy atom. The molecule has 3 atom stereocenters. The average Bonchev–Trinajstić information content (AvgIpc) is 2.95. The number of methoxy groups -OCH3 is 1. The molecule has 2 aliphatic rings. The molecule has 0 N–H and O–H groups in total. The van der Waals surface area contributed by atoms with Crippen molar-refractivity contribution in [3.63, 3.8) is 0 Å². The standard InChI is InChI=1S/C13H19ClNO2P/c1-4-11(16-3)8-7-10(2)13-12-6-5-9-15(12)18(14)17-13/h4,7-8,12-13H,1,5-6,9H2,2-3H3/b10-7+,11-8+/t12-,13+,18?/m0/s1. The summed E-state index contributed by atoms with van der Waals surface area (Å²) in [5.41, 5.74) is 1.19.